The maximum atomic E-state index is 15.1. The van der Waals surface area contributed by atoms with Gasteiger partial charge in [-0.15, -0.1) is 0 Å². The fourth-order valence-corrected chi connectivity index (χ4v) is 4.11. The Labute approximate surface area is 182 Å². The maximum absolute atomic E-state index is 15.1. The number of benzene rings is 2. The van der Waals surface area contributed by atoms with Crippen LogP contribution in [0.2, 0.25) is 0 Å². The summed E-state index contributed by atoms with van der Waals surface area (Å²) >= 11 is 0. The van der Waals surface area contributed by atoms with Crippen molar-refractivity contribution in [3.63, 3.8) is 0 Å². The van der Waals surface area contributed by atoms with Gasteiger partial charge in [0.15, 0.2) is 5.82 Å². The second-order valence-electron chi connectivity index (χ2n) is 6.73. The summed E-state index contributed by atoms with van der Waals surface area (Å²) in [5, 5.41) is 0.192. The molecule has 0 fully saturated rings. The number of hydrogen-bond donors (Lipinski definition) is 2. The summed E-state index contributed by atoms with van der Waals surface area (Å²) in [6.45, 7) is 0. The zero-order chi connectivity index (χ0) is 24.0. The molecular weight excluding hydrogens is 471 g/mol. The van der Waals surface area contributed by atoms with Gasteiger partial charge in [-0.05, 0) is 36.4 Å². The van der Waals surface area contributed by atoms with Crippen LogP contribution in [0, 0.1) is 11.6 Å². The van der Waals surface area contributed by atoms with Crippen molar-refractivity contribution in [2.24, 2.45) is 0 Å². The number of sulfonamides is 1. The summed E-state index contributed by atoms with van der Waals surface area (Å²) in [6.07, 6.45) is -1.04. The molecule has 2 aromatic heterocycles. The Balaban J connectivity index is 1.70. The molecular formula is C20H11F5N4O3S. The van der Waals surface area contributed by atoms with E-state index in [4.69, 9.17) is 0 Å². The second kappa shape index (κ2) is 7.92. The Bertz CT molecular complexity index is 1480. The fraction of sp³-hybridized carbons (Fsp3) is 0.0500. The molecule has 0 aliphatic rings. The third-order valence-electron chi connectivity index (χ3n) is 4.65. The van der Waals surface area contributed by atoms with E-state index in [9.17, 15) is 30.8 Å². The minimum Gasteiger partial charge on any atom is -0.345 e. The first-order valence-electron chi connectivity index (χ1n) is 8.99. The fourth-order valence-electron chi connectivity index (χ4n) is 3.05. The molecule has 4 rings (SSSR count). The van der Waals surface area contributed by atoms with E-state index in [0.29, 0.717) is 30.3 Å². The topological polar surface area (TPSA) is 105 Å². The van der Waals surface area contributed by atoms with Crippen LogP contribution in [-0.4, -0.2) is 29.2 Å². The first-order chi connectivity index (χ1) is 15.5. The summed E-state index contributed by atoms with van der Waals surface area (Å²) in [5.41, 5.74) is -2.78. The van der Waals surface area contributed by atoms with Crippen LogP contribution >= 0.6 is 0 Å². The van der Waals surface area contributed by atoms with E-state index in [0.717, 1.165) is 6.07 Å². The van der Waals surface area contributed by atoms with E-state index in [1.165, 1.54) is 18.7 Å². The third-order valence-corrected chi connectivity index (χ3v) is 6.04. The van der Waals surface area contributed by atoms with Crippen LogP contribution in [0.4, 0.5) is 27.6 Å². The highest BCUT2D eigenvalue weighted by Crippen LogP contribution is 2.31. The van der Waals surface area contributed by atoms with Gasteiger partial charge in [0.25, 0.3) is 10.0 Å². The standard InChI is InChI=1S/C20H11F5N4O3S/c21-14-5-6-15(29-33(31,32)11-3-1-10(2-4-11)20(23,24)25)17(22)16(14)18(30)12-8-27-19-13(12)7-26-9-28-19/h1-9,29H,(H,26,27,28). The van der Waals surface area contributed by atoms with Crippen LogP contribution in [0.25, 0.3) is 11.0 Å². The number of ketones is 1. The highest BCUT2D eigenvalue weighted by Gasteiger charge is 2.31. The van der Waals surface area contributed by atoms with Gasteiger partial charge >= 0.3 is 6.18 Å². The predicted molar refractivity (Wildman–Crippen MR) is 106 cm³/mol. The minimum atomic E-state index is -4.68. The highest BCUT2D eigenvalue weighted by molar-refractivity contribution is 7.92. The molecule has 0 aliphatic heterocycles. The third kappa shape index (κ3) is 4.14. The number of carbonyl (C=O) groups is 1. The van der Waals surface area contributed by atoms with E-state index in [1.54, 1.807) is 0 Å². The molecule has 0 radical (unpaired) electrons. The van der Waals surface area contributed by atoms with Crippen LogP contribution in [-0.2, 0) is 16.2 Å². The van der Waals surface area contributed by atoms with Gasteiger partial charge in [0, 0.05) is 17.8 Å². The van der Waals surface area contributed by atoms with Gasteiger partial charge in [-0.2, -0.15) is 13.2 Å². The summed E-state index contributed by atoms with van der Waals surface area (Å²) in [5.74, 6) is -3.84. The number of hydrogen-bond acceptors (Lipinski definition) is 5. The average Bonchev–Trinajstić information content (AvgIpc) is 3.19. The van der Waals surface area contributed by atoms with Crippen molar-refractivity contribution in [3.8, 4) is 0 Å². The smallest absolute Gasteiger partial charge is 0.345 e. The number of fused-ring (bicyclic) bond motifs is 1. The Kier molecular flexibility index (Phi) is 5.36. The summed E-state index contributed by atoms with van der Waals surface area (Å²) in [4.78, 5) is 22.5. The molecule has 2 N–H and O–H groups in total. The number of alkyl halides is 3. The zero-order valence-corrected chi connectivity index (χ0v) is 16.9. The van der Waals surface area contributed by atoms with Gasteiger partial charge in [0.2, 0.25) is 5.78 Å². The second-order valence-corrected chi connectivity index (χ2v) is 8.41. The Hall–Kier alpha value is -3.87. The summed E-state index contributed by atoms with van der Waals surface area (Å²) in [6, 6.07) is 3.90. The van der Waals surface area contributed by atoms with Crippen LogP contribution in [0.15, 0.2) is 60.0 Å². The molecule has 2 heterocycles. The number of halogens is 5. The van der Waals surface area contributed by atoms with Gasteiger partial charge in [-0.3, -0.25) is 9.52 Å². The normalized spacial score (nSPS) is 12.2. The molecule has 0 unspecified atom stereocenters. The van der Waals surface area contributed by atoms with Crippen molar-refractivity contribution in [3.05, 3.63) is 83.4 Å². The lowest BCUT2D eigenvalue weighted by Crippen LogP contribution is -2.17. The van der Waals surface area contributed by atoms with Crippen molar-refractivity contribution in [2.45, 2.75) is 11.1 Å². The number of H-pyrrole nitrogens is 1. The van der Waals surface area contributed by atoms with Gasteiger partial charge < -0.3 is 4.98 Å². The molecule has 33 heavy (non-hydrogen) atoms. The Morgan fingerprint density at radius 3 is 2.39 bits per heavy atom. The maximum Gasteiger partial charge on any atom is 0.416 e. The number of aromatic nitrogens is 3. The van der Waals surface area contributed by atoms with Crippen molar-refractivity contribution >= 4 is 32.5 Å². The molecule has 0 atom stereocenters. The van der Waals surface area contributed by atoms with Crippen molar-refractivity contribution in [2.75, 3.05) is 4.72 Å². The van der Waals surface area contributed by atoms with E-state index in [1.807, 2.05) is 4.72 Å². The molecule has 0 saturated heterocycles. The molecule has 0 spiro atoms. The van der Waals surface area contributed by atoms with Crippen LogP contribution in [0.1, 0.15) is 21.5 Å². The zero-order valence-electron chi connectivity index (χ0n) is 16.1. The summed E-state index contributed by atoms with van der Waals surface area (Å²) in [7, 11) is -4.56. The van der Waals surface area contributed by atoms with Crippen LogP contribution in [0.3, 0.4) is 0 Å². The predicted octanol–water partition coefficient (Wildman–Crippen LogP) is 4.29. The molecule has 170 valence electrons. The molecule has 0 bridgehead atoms. The number of nitrogens with zero attached hydrogens (tertiary/aromatic N) is 2. The molecule has 0 amide bonds. The lowest BCUT2D eigenvalue weighted by Gasteiger charge is -2.13. The molecule has 13 heteroatoms. The lowest BCUT2D eigenvalue weighted by molar-refractivity contribution is -0.137. The Morgan fingerprint density at radius 2 is 1.73 bits per heavy atom. The number of aromatic amines is 1. The van der Waals surface area contributed by atoms with Crippen molar-refractivity contribution in [1.29, 1.82) is 0 Å². The van der Waals surface area contributed by atoms with Crippen LogP contribution in [0.5, 0.6) is 0 Å². The monoisotopic (exact) mass is 482 g/mol. The largest absolute Gasteiger partial charge is 0.416 e. The molecule has 4 aromatic rings. The van der Waals surface area contributed by atoms with Crippen LogP contribution < -0.4 is 4.72 Å². The van der Waals surface area contributed by atoms with E-state index in [2.05, 4.69) is 15.0 Å². The Morgan fingerprint density at radius 1 is 1.03 bits per heavy atom. The number of anilines is 1. The molecule has 0 saturated carbocycles. The number of carbonyl (C=O) groups excluding carboxylic acids is 1. The van der Waals surface area contributed by atoms with E-state index in [-0.39, 0.29) is 16.6 Å². The minimum absolute atomic E-state index is 0.147. The highest BCUT2D eigenvalue weighted by atomic mass is 32.2. The first-order valence-corrected chi connectivity index (χ1v) is 10.5. The summed E-state index contributed by atoms with van der Waals surface area (Å²) < 4.78 is 94.4. The van der Waals surface area contributed by atoms with Gasteiger partial charge in [0.1, 0.15) is 17.8 Å². The van der Waals surface area contributed by atoms with E-state index < -0.39 is 55.3 Å². The molecule has 0 aliphatic carbocycles. The number of rotatable bonds is 5. The van der Waals surface area contributed by atoms with Crippen molar-refractivity contribution < 1.29 is 35.2 Å². The molecule has 2 aromatic carbocycles. The first kappa shape index (κ1) is 22.3. The number of nitrogens with one attached hydrogen (secondary N) is 2. The lowest BCUT2D eigenvalue weighted by atomic mass is 10.0. The quantitative estimate of drug-likeness (QED) is 0.326. The molecule has 7 nitrogen and oxygen atoms in total. The average molecular weight is 482 g/mol. The van der Waals surface area contributed by atoms with Gasteiger partial charge in [-0.25, -0.2) is 27.2 Å². The van der Waals surface area contributed by atoms with E-state index >= 15 is 4.39 Å². The SMILES string of the molecule is O=C(c1c(F)ccc(NS(=O)(=O)c2ccc(C(F)(F)F)cc2)c1F)c1c[nH]c2ncncc12. The van der Waals surface area contributed by atoms with Gasteiger partial charge in [-0.1, -0.05) is 0 Å². The van der Waals surface area contributed by atoms with Crippen molar-refractivity contribution in [1.82, 2.24) is 15.0 Å². The van der Waals surface area contributed by atoms with Gasteiger partial charge in [0.05, 0.1) is 27.3 Å².